The molecule has 2 aromatic rings. The Morgan fingerprint density at radius 2 is 2.00 bits per heavy atom. The van der Waals surface area contributed by atoms with Gasteiger partial charge in [-0.15, -0.1) is 0 Å². The summed E-state index contributed by atoms with van der Waals surface area (Å²) in [7, 11) is 3.26. The number of hydrogen-bond donors (Lipinski definition) is 3. The topological polar surface area (TPSA) is 96.9 Å². The van der Waals surface area contributed by atoms with Crippen LogP contribution in [-0.2, 0) is 4.79 Å². The molecule has 28 heavy (non-hydrogen) atoms. The van der Waals surface area contributed by atoms with Crippen molar-refractivity contribution in [2.75, 3.05) is 37.9 Å². The van der Waals surface area contributed by atoms with Crippen molar-refractivity contribution in [1.82, 2.24) is 10.3 Å². The van der Waals surface area contributed by atoms with Crippen LogP contribution >= 0.6 is 0 Å². The number of amides is 1. The molecule has 1 amide bonds. The maximum Gasteiger partial charge on any atom is 0.227 e. The minimum atomic E-state index is -0.121. The van der Waals surface area contributed by atoms with Gasteiger partial charge in [0.25, 0.3) is 0 Å². The summed E-state index contributed by atoms with van der Waals surface area (Å²) >= 11 is 0. The number of hydrogen-bond acceptors (Lipinski definition) is 5. The lowest BCUT2D eigenvalue weighted by Crippen LogP contribution is -2.33. The van der Waals surface area contributed by atoms with Crippen LogP contribution in [0, 0.1) is 6.92 Å². The van der Waals surface area contributed by atoms with E-state index in [4.69, 9.17) is 9.47 Å². The molecule has 8 nitrogen and oxygen atoms in total. The van der Waals surface area contributed by atoms with Gasteiger partial charge < -0.3 is 25.4 Å². The number of methoxy groups -OCH3 is 1. The third kappa shape index (κ3) is 6.46. The van der Waals surface area contributed by atoms with E-state index in [-0.39, 0.29) is 12.3 Å². The Labute approximate surface area is 165 Å². The first kappa shape index (κ1) is 21.0. The zero-order chi connectivity index (χ0) is 20.4. The van der Waals surface area contributed by atoms with Gasteiger partial charge >= 0.3 is 0 Å². The van der Waals surface area contributed by atoms with Crippen LogP contribution in [0.15, 0.2) is 41.4 Å². The number of benzene rings is 1. The fourth-order valence-corrected chi connectivity index (χ4v) is 2.45. The van der Waals surface area contributed by atoms with Crippen molar-refractivity contribution < 1.29 is 14.3 Å². The van der Waals surface area contributed by atoms with E-state index in [1.54, 1.807) is 20.2 Å². The molecule has 0 aliphatic heterocycles. The van der Waals surface area contributed by atoms with Gasteiger partial charge in [0.1, 0.15) is 5.82 Å². The largest absolute Gasteiger partial charge is 0.493 e. The molecule has 2 rings (SSSR count). The van der Waals surface area contributed by atoms with E-state index in [0.29, 0.717) is 36.4 Å². The number of aliphatic imine (C=N–C) groups is 1. The van der Waals surface area contributed by atoms with E-state index < -0.39 is 0 Å². The lowest BCUT2D eigenvalue weighted by atomic mass is 10.2. The van der Waals surface area contributed by atoms with E-state index >= 15 is 0 Å². The number of guanidine groups is 1. The van der Waals surface area contributed by atoms with Crippen LogP contribution in [0.4, 0.5) is 11.5 Å². The Morgan fingerprint density at radius 1 is 1.18 bits per heavy atom. The van der Waals surface area contributed by atoms with E-state index in [1.165, 1.54) is 0 Å². The number of nitrogens with one attached hydrogen (secondary N) is 3. The zero-order valence-corrected chi connectivity index (χ0v) is 16.7. The van der Waals surface area contributed by atoms with Crippen molar-refractivity contribution in [3.05, 3.63) is 42.1 Å². The number of pyridine rings is 1. The van der Waals surface area contributed by atoms with Crippen molar-refractivity contribution in [2.24, 2.45) is 4.99 Å². The minimum Gasteiger partial charge on any atom is -0.493 e. The van der Waals surface area contributed by atoms with Crippen molar-refractivity contribution in [3.63, 3.8) is 0 Å². The summed E-state index contributed by atoms with van der Waals surface area (Å²) in [6.45, 7) is 4.78. The molecule has 8 heteroatoms. The van der Waals surface area contributed by atoms with Crippen LogP contribution in [0.25, 0.3) is 0 Å². The molecule has 0 saturated heterocycles. The quantitative estimate of drug-likeness (QED) is 0.478. The number of aryl methyl sites for hydroxylation is 1. The van der Waals surface area contributed by atoms with Crippen molar-refractivity contribution in [1.29, 1.82) is 0 Å². The second-order valence-corrected chi connectivity index (χ2v) is 5.89. The molecule has 0 bridgehead atoms. The van der Waals surface area contributed by atoms with Crippen LogP contribution in [0.2, 0.25) is 0 Å². The van der Waals surface area contributed by atoms with Gasteiger partial charge in [-0.05, 0) is 38.1 Å². The van der Waals surface area contributed by atoms with E-state index in [1.807, 2.05) is 44.2 Å². The molecule has 0 spiro atoms. The number of nitrogens with zero attached hydrogens (tertiary/aromatic N) is 2. The first-order chi connectivity index (χ1) is 13.5. The predicted octanol–water partition coefficient (Wildman–Crippen LogP) is 2.81. The van der Waals surface area contributed by atoms with Crippen LogP contribution in [0.3, 0.4) is 0 Å². The smallest absolute Gasteiger partial charge is 0.227 e. The van der Waals surface area contributed by atoms with Gasteiger partial charge in [-0.1, -0.05) is 6.07 Å². The summed E-state index contributed by atoms with van der Waals surface area (Å²) in [5, 5.41) is 9.05. The van der Waals surface area contributed by atoms with Gasteiger partial charge in [-0.3, -0.25) is 9.79 Å². The summed E-state index contributed by atoms with van der Waals surface area (Å²) in [4.78, 5) is 20.5. The molecule has 3 N–H and O–H groups in total. The number of carbonyl (C=O) groups excluding carboxylic acids is 1. The molecule has 1 aromatic heterocycles. The molecule has 0 fully saturated rings. The molecule has 0 radical (unpaired) electrons. The number of aromatic nitrogens is 1. The lowest BCUT2D eigenvalue weighted by molar-refractivity contribution is -0.116. The number of rotatable bonds is 8. The highest BCUT2D eigenvalue weighted by Gasteiger charge is 2.08. The monoisotopic (exact) mass is 385 g/mol. The van der Waals surface area contributed by atoms with Gasteiger partial charge in [0, 0.05) is 37.5 Å². The molecule has 150 valence electrons. The number of anilines is 2. The minimum absolute atomic E-state index is 0.121. The highest BCUT2D eigenvalue weighted by Crippen LogP contribution is 2.30. The zero-order valence-electron chi connectivity index (χ0n) is 16.7. The van der Waals surface area contributed by atoms with Crippen LogP contribution in [-0.4, -0.2) is 44.2 Å². The molecule has 1 aromatic carbocycles. The lowest BCUT2D eigenvalue weighted by Gasteiger charge is -2.14. The van der Waals surface area contributed by atoms with Crippen LogP contribution < -0.4 is 25.4 Å². The fraction of sp³-hybridized carbons (Fsp3) is 0.350. The maximum absolute atomic E-state index is 12.1. The van der Waals surface area contributed by atoms with Gasteiger partial charge in [-0.25, -0.2) is 4.98 Å². The Kier molecular flexibility index (Phi) is 8.08. The highest BCUT2D eigenvalue weighted by atomic mass is 16.5. The number of ether oxygens (including phenoxy) is 2. The van der Waals surface area contributed by atoms with Gasteiger partial charge in [0.15, 0.2) is 17.5 Å². The molecule has 0 saturated carbocycles. The maximum atomic E-state index is 12.1. The molecule has 0 aliphatic carbocycles. The summed E-state index contributed by atoms with van der Waals surface area (Å²) in [6.07, 6.45) is 0.281. The van der Waals surface area contributed by atoms with Gasteiger partial charge in [-0.2, -0.15) is 0 Å². The molecule has 0 unspecified atom stereocenters. The number of carbonyl (C=O) groups is 1. The predicted molar refractivity (Wildman–Crippen MR) is 111 cm³/mol. The molecular formula is C20H27N5O3. The molecule has 1 heterocycles. The van der Waals surface area contributed by atoms with E-state index in [9.17, 15) is 4.79 Å². The second-order valence-electron chi connectivity index (χ2n) is 5.89. The Bertz CT molecular complexity index is 823. The fourth-order valence-electron chi connectivity index (χ4n) is 2.45. The normalized spacial score (nSPS) is 10.9. The third-order valence-corrected chi connectivity index (χ3v) is 3.75. The Morgan fingerprint density at radius 3 is 2.68 bits per heavy atom. The van der Waals surface area contributed by atoms with Crippen molar-refractivity contribution in [3.8, 4) is 11.5 Å². The van der Waals surface area contributed by atoms with Gasteiger partial charge in [0.2, 0.25) is 5.91 Å². The second kappa shape index (κ2) is 10.8. The average molecular weight is 385 g/mol. The average Bonchev–Trinajstić information content (AvgIpc) is 2.68. The van der Waals surface area contributed by atoms with Gasteiger partial charge in [0.05, 0.1) is 13.7 Å². The summed E-state index contributed by atoms with van der Waals surface area (Å²) in [5.74, 6) is 2.29. The van der Waals surface area contributed by atoms with Crippen molar-refractivity contribution >= 4 is 23.4 Å². The SMILES string of the molecule is CCOc1ccc(NC(=NC)NCCC(=O)Nc2cccc(C)n2)cc1OC. The third-order valence-electron chi connectivity index (χ3n) is 3.75. The first-order valence-electron chi connectivity index (χ1n) is 9.07. The van der Waals surface area contributed by atoms with E-state index in [2.05, 4.69) is 25.9 Å². The molecule has 0 atom stereocenters. The van der Waals surface area contributed by atoms with Crippen LogP contribution in [0.5, 0.6) is 11.5 Å². The summed E-state index contributed by atoms with van der Waals surface area (Å²) in [5.41, 5.74) is 1.65. The van der Waals surface area contributed by atoms with Crippen molar-refractivity contribution in [2.45, 2.75) is 20.3 Å². The first-order valence-corrected chi connectivity index (χ1v) is 9.07. The van der Waals surface area contributed by atoms with Crippen LogP contribution in [0.1, 0.15) is 19.0 Å². The Balaban J connectivity index is 1.85. The molecular weight excluding hydrogens is 358 g/mol. The Hall–Kier alpha value is -3.29. The highest BCUT2D eigenvalue weighted by molar-refractivity contribution is 5.94. The summed E-state index contributed by atoms with van der Waals surface area (Å²) in [6, 6.07) is 11.0. The van der Waals surface area contributed by atoms with E-state index in [0.717, 1.165) is 11.4 Å². The summed E-state index contributed by atoms with van der Waals surface area (Å²) < 4.78 is 10.9. The molecule has 0 aliphatic rings. The standard InChI is InChI=1S/C20H27N5O3/c1-5-28-16-10-9-15(13-17(16)27-4)24-20(21-3)22-12-11-19(26)25-18-8-6-7-14(2)23-18/h6-10,13H,5,11-12H2,1-4H3,(H2,21,22,24)(H,23,25,26).